The van der Waals surface area contributed by atoms with Crippen molar-refractivity contribution >= 4 is 11.3 Å². The second kappa shape index (κ2) is 8.53. The first-order valence-electron chi connectivity index (χ1n) is 10.7. The van der Waals surface area contributed by atoms with Crippen LogP contribution in [-0.4, -0.2) is 61.6 Å². The van der Waals surface area contributed by atoms with Gasteiger partial charge in [0, 0.05) is 49.6 Å². The molecule has 1 saturated heterocycles. The third-order valence-corrected chi connectivity index (χ3v) is 6.08. The molecule has 5 heterocycles. The summed E-state index contributed by atoms with van der Waals surface area (Å²) in [6.07, 6.45) is 9.73. The van der Waals surface area contributed by atoms with Gasteiger partial charge in [-0.15, -0.1) is 0 Å². The number of nitrogens with zero attached hydrogens (tertiary/aromatic N) is 6. The van der Waals surface area contributed by atoms with Gasteiger partial charge in [-0.25, -0.2) is 14.2 Å². The number of piperidine rings is 1. The maximum absolute atomic E-state index is 12.5. The summed E-state index contributed by atoms with van der Waals surface area (Å²) in [7, 11) is 0. The number of rotatable bonds is 6. The lowest BCUT2D eigenvalue weighted by atomic mass is 10.0. The molecule has 3 aromatic rings. The van der Waals surface area contributed by atoms with Gasteiger partial charge in [-0.1, -0.05) is 6.42 Å². The zero-order valence-corrected chi connectivity index (χ0v) is 17.0. The summed E-state index contributed by atoms with van der Waals surface area (Å²) in [6.45, 7) is 4.47. The van der Waals surface area contributed by atoms with E-state index in [1.807, 2.05) is 16.8 Å². The van der Waals surface area contributed by atoms with E-state index < -0.39 is 0 Å². The van der Waals surface area contributed by atoms with Gasteiger partial charge >= 0.3 is 0 Å². The second-order valence-electron chi connectivity index (χ2n) is 7.98. The summed E-state index contributed by atoms with van der Waals surface area (Å²) in [5, 5.41) is 12.4. The maximum Gasteiger partial charge on any atom is 0.267 e. The highest BCUT2D eigenvalue weighted by Gasteiger charge is 2.23. The number of nitrogens with one attached hydrogen (secondary N) is 1. The summed E-state index contributed by atoms with van der Waals surface area (Å²) in [5.41, 5.74) is 2.87. The van der Waals surface area contributed by atoms with Gasteiger partial charge in [0.25, 0.3) is 5.56 Å². The molecular formula is C21H27N7O2. The van der Waals surface area contributed by atoms with E-state index >= 15 is 0 Å². The molecule has 5 rings (SSSR count). The molecule has 3 aromatic heterocycles. The molecule has 1 unspecified atom stereocenters. The largest absolute Gasteiger partial charge is 0.376 e. The maximum atomic E-state index is 12.5. The molecule has 158 valence electrons. The Morgan fingerprint density at radius 2 is 2.20 bits per heavy atom. The summed E-state index contributed by atoms with van der Waals surface area (Å²) < 4.78 is 8.88. The molecule has 0 bridgehead atoms. The van der Waals surface area contributed by atoms with Crippen LogP contribution >= 0.6 is 0 Å². The highest BCUT2D eigenvalue weighted by atomic mass is 16.5. The van der Waals surface area contributed by atoms with E-state index in [4.69, 9.17) is 4.74 Å². The molecule has 0 aromatic carbocycles. The van der Waals surface area contributed by atoms with Gasteiger partial charge in [-0.3, -0.25) is 9.69 Å². The smallest absolute Gasteiger partial charge is 0.267 e. The van der Waals surface area contributed by atoms with Crippen molar-refractivity contribution in [1.29, 1.82) is 0 Å². The third kappa shape index (κ3) is 3.95. The molecule has 0 spiro atoms. The molecule has 0 amide bonds. The van der Waals surface area contributed by atoms with Crippen LogP contribution < -0.4 is 10.9 Å². The number of aromatic nitrogens is 5. The minimum Gasteiger partial charge on any atom is -0.376 e. The molecule has 1 atom stereocenters. The first kappa shape index (κ1) is 19.2. The van der Waals surface area contributed by atoms with Crippen LogP contribution in [0.5, 0.6) is 0 Å². The van der Waals surface area contributed by atoms with Crippen LogP contribution in [0.2, 0.25) is 0 Å². The molecule has 1 N–H and O–H groups in total. The van der Waals surface area contributed by atoms with Crippen molar-refractivity contribution in [3.8, 4) is 0 Å². The molecule has 9 heteroatoms. The standard InChI is InChI=1S/C21H27N7O2/c29-20-13-16-15-30-12-5-18(16)25-28(20)11-10-26-8-2-1-3-17(26)14-23-21-19-4-6-24-27(19)9-7-22-21/h4,6-7,9,13,17H,1-3,5,8,10-12,14-15H2,(H,22,23). The van der Waals surface area contributed by atoms with Gasteiger partial charge in [-0.05, 0) is 25.5 Å². The lowest BCUT2D eigenvalue weighted by molar-refractivity contribution is 0.107. The lowest BCUT2D eigenvalue weighted by Gasteiger charge is -2.36. The van der Waals surface area contributed by atoms with Crippen molar-refractivity contribution in [3.05, 3.63) is 52.3 Å². The van der Waals surface area contributed by atoms with Gasteiger partial charge in [0.1, 0.15) is 5.52 Å². The number of likely N-dealkylation sites (tertiary alicyclic amines) is 1. The van der Waals surface area contributed by atoms with Crippen molar-refractivity contribution < 1.29 is 4.74 Å². The summed E-state index contributed by atoms with van der Waals surface area (Å²) in [4.78, 5) is 19.4. The van der Waals surface area contributed by atoms with E-state index in [2.05, 4.69) is 25.4 Å². The summed E-state index contributed by atoms with van der Waals surface area (Å²) in [5.74, 6) is 0.857. The van der Waals surface area contributed by atoms with Crippen molar-refractivity contribution in [2.75, 3.05) is 31.6 Å². The first-order chi connectivity index (χ1) is 14.8. The third-order valence-electron chi connectivity index (χ3n) is 6.08. The van der Waals surface area contributed by atoms with E-state index in [0.29, 0.717) is 25.8 Å². The van der Waals surface area contributed by atoms with E-state index in [1.54, 1.807) is 23.1 Å². The van der Waals surface area contributed by atoms with Crippen molar-refractivity contribution in [2.24, 2.45) is 0 Å². The van der Waals surface area contributed by atoms with Crippen LogP contribution in [0, 0.1) is 0 Å². The number of ether oxygens (including phenoxy) is 1. The zero-order valence-electron chi connectivity index (χ0n) is 17.0. The minimum atomic E-state index is -0.0393. The van der Waals surface area contributed by atoms with Crippen molar-refractivity contribution in [1.82, 2.24) is 29.3 Å². The summed E-state index contributed by atoms with van der Waals surface area (Å²) in [6, 6.07) is 4.06. The molecule has 2 aliphatic rings. The van der Waals surface area contributed by atoms with Crippen molar-refractivity contribution in [2.45, 2.75) is 44.9 Å². The first-order valence-corrected chi connectivity index (χ1v) is 10.7. The Bertz CT molecular complexity index is 1080. The number of hydrogen-bond donors (Lipinski definition) is 1. The van der Waals surface area contributed by atoms with Gasteiger partial charge in [-0.2, -0.15) is 10.2 Å². The highest BCUT2D eigenvalue weighted by Crippen LogP contribution is 2.19. The molecule has 1 fully saturated rings. The van der Waals surface area contributed by atoms with Gasteiger partial charge < -0.3 is 10.1 Å². The zero-order chi connectivity index (χ0) is 20.3. The Balaban J connectivity index is 1.24. The normalized spacial score (nSPS) is 19.7. The fourth-order valence-corrected chi connectivity index (χ4v) is 4.43. The van der Waals surface area contributed by atoms with E-state index in [9.17, 15) is 4.79 Å². The molecule has 0 saturated carbocycles. The Hall–Kier alpha value is -2.78. The lowest BCUT2D eigenvalue weighted by Crippen LogP contribution is -2.46. The van der Waals surface area contributed by atoms with Gasteiger partial charge in [0.05, 0.1) is 31.6 Å². The van der Waals surface area contributed by atoms with Crippen LogP contribution in [0.25, 0.3) is 5.52 Å². The fourth-order valence-electron chi connectivity index (χ4n) is 4.43. The van der Waals surface area contributed by atoms with Crippen LogP contribution in [-0.2, 0) is 24.3 Å². The Labute approximate surface area is 174 Å². The number of fused-ring (bicyclic) bond motifs is 2. The Kier molecular flexibility index (Phi) is 5.46. The highest BCUT2D eigenvalue weighted by molar-refractivity contribution is 5.66. The molecule has 0 aliphatic carbocycles. The van der Waals surface area contributed by atoms with Crippen molar-refractivity contribution in [3.63, 3.8) is 0 Å². The predicted octanol–water partition coefficient (Wildman–Crippen LogP) is 1.33. The van der Waals surface area contributed by atoms with E-state index in [1.165, 1.54) is 12.8 Å². The average molecular weight is 409 g/mol. The quantitative estimate of drug-likeness (QED) is 0.657. The van der Waals surface area contributed by atoms with Crippen LogP contribution in [0.1, 0.15) is 30.5 Å². The SMILES string of the molecule is O=c1cc2c(nn1CCN1CCCCC1CNc1nccn3nccc13)CCOC2. The second-order valence-corrected chi connectivity index (χ2v) is 7.98. The van der Waals surface area contributed by atoms with E-state index in [0.717, 1.165) is 55.1 Å². The van der Waals surface area contributed by atoms with Crippen LogP contribution in [0.3, 0.4) is 0 Å². The molecule has 2 aliphatic heterocycles. The number of anilines is 1. The Morgan fingerprint density at radius 3 is 3.17 bits per heavy atom. The minimum absolute atomic E-state index is 0.0393. The van der Waals surface area contributed by atoms with Gasteiger partial charge in [0.2, 0.25) is 0 Å². The van der Waals surface area contributed by atoms with E-state index in [-0.39, 0.29) is 5.56 Å². The topological polar surface area (TPSA) is 89.6 Å². The number of hydrogen-bond acceptors (Lipinski definition) is 7. The fraction of sp³-hybridized carbons (Fsp3) is 0.524. The molecule has 30 heavy (non-hydrogen) atoms. The molecule has 9 nitrogen and oxygen atoms in total. The van der Waals surface area contributed by atoms with Gasteiger partial charge in [0.15, 0.2) is 5.82 Å². The Morgan fingerprint density at radius 1 is 1.23 bits per heavy atom. The molecular weight excluding hydrogens is 382 g/mol. The van der Waals surface area contributed by atoms with Crippen LogP contribution in [0.15, 0.2) is 35.5 Å². The molecule has 0 radical (unpaired) electrons. The summed E-state index contributed by atoms with van der Waals surface area (Å²) >= 11 is 0. The average Bonchev–Trinajstić information content (AvgIpc) is 3.26. The van der Waals surface area contributed by atoms with Crippen LogP contribution in [0.4, 0.5) is 5.82 Å². The predicted molar refractivity (Wildman–Crippen MR) is 113 cm³/mol. The monoisotopic (exact) mass is 409 g/mol.